The van der Waals surface area contributed by atoms with E-state index in [2.05, 4.69) is 53.7 Å². The number of hydrogen-bond acceptors (Lipinski definition) is 0. The maximum atomic E-state index is 2.54. The number of hydrogen-bond donors (Lipinski definition) is 0. The molecule has 0 aromatic rings. The third-order valence-corrected chi connectivity index (χ3v) is 5.29. The van der Waals surface area contributed by atoms with Crippen molar-refractivity contribution in [3.8, 4) is 0 Å². The highest BCUT2D eigenvalue weighted by Gasteiger charge is 2.40. The van der Waals surface area contributed by atoms with Gasteiger partial charge in [0.15, 0.2) is 0 Å². The molecule has 18 heavy (non-hydrogen) atoms. The molecule has 0 aromatic heterocycles. The predicted molar refractivity (Wildman–Crippen MR) is 80.5 cm³/mol. The number of allylic oxidation sites excluding steroid dienone is 4. The average molecular weight is 246 g/mol. The highest BCUT2D eigenvalue weighted by atomic mass is 14.4. The van der Waals surface area contributed by atoms with E-state index in [0.717, 1.165) is 11.8 Å². The van der Waals surface area contributed by atoms with E-state index in [1.165, 1.54) is 25.7 Å². The Labute approximate surface area is 114 Å². The summed E-state index contributed by atoms with van der Waals surface area (Å²) in [7, 11) is 0. The van der Waals surface area contributed by atoms with Gasteiger partial charge in [0.25, 0.3) is 0 Å². The predicted octanol–water partition coefficient (Wildman–Crippen LogP) is 5.75. The van der Waals surface area contributed by atoms with Crippen LogP contribution in [0.5, 0.6) is 0 Å². The minimum Gasteiger partial charge on any atom is -0.0853 e. The lowest BCUT2D eigenvalue weighted by Gasteiger charge is -2.46. The van der Waals surface area contributed by atoms with Gasteiger partial charge in [0.1, 0.15) is 0 Å². The van der Waals surface area contributed by atoms with Gasteiger partial charge in [-0.15, -0.1) is 0 Å². The Morgan fingerprint density at radius 2 is 1.67 bits per heavy atom. The third-order valence-electron chi connectivity index (χ3n) is 5.29. The molecule has 0 radical (unpaired) electrons. The van der Waals surface area contributed by atoms with Crippen molar-refractivity contribution in [1.29, 1.82) is 0 Å². The maximum Gasteiger partial charge on any atom is -0.00890 e. The summed E-state index contributed by atoms with van der Waals surface area (Å²) >= 11 is 0. The minimum absolute atomic E-state index is 0.414. The highest BCUT2D eigenvalue weighted by Crippen LogP contribution is 2.51. The molecule has 0 heteroatoms. The van der Waals surface area contributed by atoms with E-state index in [4.69, 9.17) is 0 Å². The van der Waals surface area contributed by atoms with Crippen LogP contribution in [0.15, 0.2) is 23.3 Å². The third kappa shape index (κ3) is 2.58. The fourth-order valence-electron chi connectivity index (χ4n) is 4.41. The van der Waals surface area contributed by atoms with Crippen LogP contribution in [0.3, 0.4) is 0 Å². The summed E-state index contributed by atoms with van der Waals surface area (Å²) < 4.78 is 0. The van der Waals surface area contributed by atoms with E-state index >= 15 is 0 Å². The molecule has 102 valence electrons. The first-order valence-corrected chi connectivity index (χ1v) is 7.59. The van der Waals surface area contributed by atoms with Crippen LogP contribution < -0.4 is 0 Å². The van der Waals surface area contributed by atoms with Gasteiger partial charge in [0, 0.05) is 0 Å². The van der Waals surface area contributed by atoms with Gasteiger partial charge in [-0.2, -0.15) is 0 Å². The standard InChI is InChI=1S/C18H30/c1-13-8-7-10-18(5,6)16(13)15-9-11-17(3,4)12-14(15)2/h8,12,15-16H,7,9-11H2,1-6H3. The van der Waals surface area contributed by atoms with Gasteiger partial charge >= 0.3 is 0 Å². The van der Waals surface area contributed by atoms with E-state index in [1.807, 2.05) is 0 Å². The van der Waals surface area contributed by atoms with E-state index in [0.29, 0.717) is 10.8 Å². The lowest BCUT2D eigenvalue weighted by molar-refractivity contribution is 0.145. The molecule has 0 N–H and O–H groups in total. The summed E-state index contributed by atoms with van der Waals surface area (Å²) in [5.74, 6) is 1.54. The zero-order chi connectivity index (χ0) is 13.6. The van der Waals surface area contributed by atoms with Crippen LogP contribution in [0.1, 0.15) is 67.2 Å². The fourth-order valence-corrected chi connectivity index (χ4v) is 4.41. The molecule has 2 rings (SSSR count). The van der Waals surface area contributed by atoms with Crippen molar-refractivity contribution in [2.45, 2.75) is 67.2 Å². The first-order valence-electron chi connectivity index (χ1n) is 7.59. The molecule has 0 saturated heterocycles. The average Bonchev–Trinajstić information content (AvgIpc) is 2.19. The second-order valence-electron chi connectivity index (χ2n) is 7.98. The molecule has 0 spiro atoms. The molecule has 0 aliphatic heterocycles. The van der Waals surface area contributed by atoms with Crippen LogP contribution >= 0.6 is 0 Å². The molecular formula is C18H30. The van der Waals surface area contributed by atoms with Gasteiger partial charge in [0.05, 0.1) is 0 Å². The SMILES string of the molecule is CC1=CC(C)(C)CCC1C1C(C)=CCCC1(C)C. The number of rotatable bonds is 1. The molecule has 2 aliphatic rings. The summed E-state index contributed by atoms with van der Waals surface area (Å²) in [5, 5.41) is 0. The Bertz CT molecular complexity index is 379. The van der Waals surface area contributed by atoms with Crippen LogP contribution in [-0.2, 0) is 0 Å². The van der Waals surface area contributed by atoms with Gasteiger partial charge in [-0.05, 0) is 62.2 Å². The zero-order valence-corrected chi connectivity index (χ0v) is 13.1. The lowest BCUT2D eigenvalue weighted by Crippen LogP contribution is -2.36. The van der Waals surface area contributed by atoms with Crippen molar-refractivity contribution in [2.75, 3.05) is 0 Å². The first kappa shape index (κ1) is 13.9. The largest absolute Gasteiger partial charge is 0.0853 e. The van der Waals surface area contributed by atoms with Gasteiger partial charge in [0.2, 0.25) is 0 Å². The monoisotopic (exact) mass is 246 g/mol. The lowest BCUT2D eigenvalue weighted by atomic mass is 9.59. The quantitative estimate of drug-likeness (QED) is 0.517. The normalized spacial score (nSPS) is 34.8. The second kappa shape index (κ2) is 4.54. The van der Waals surface area contributed by atoms with Crippen molar-refractivity contribution < 1.29 is 0 Å². The summed E-state index contributed by atoms with van der Waals surface area (Å²) in [6, 6.07) is 0. The van der Waals surface area contributed by atoms with Crippen LogP contribution in [0, 0.1) is 22.7 Å². The molecular weight excluding hydrogens is 216 g/mol. The Morgan fingerprint density at radius 3 is 2.22 bits per heavy atom. The van der Waals surface area contributed by atoms with Gasteiger partial charge in [-0.3, -0.25) is 0 Å². The van der Waals surface area contributed by atoms with Crippen LogP contribution in [-0.4, -0.2) is 0 Å². The molecule has 0 nitrogen and oxygen atoms in total. The van der Waals surface area contributed by atoms with E-state index in [9.17, 15) is 0 Å². The van der Waals surface area contributed by atoms with Gasteiger partial charge in [-0.25, -0.2) is 0 Å². The summed E-state index contributed by atoms with van der Waals surface area (Å²) in [6.45, 7) is 14.4. The van der Waals surface area contributed by atoms with E-state index < -0.39 is 0 Å². The van der Waals surface area contributed by atoms with Crippen molar-refractivity contribution >= 4 is 0 Å². The van der Waals surface area contributed by atoms with Crippen molar-refractivity contribution in [3.05, 3.63) is 23.3 Å². The summed E-state index contributed by atoms with van der Waals surface area (Å²) in [6.07, 6.45) is 10.4. The highest BCUT2D eigenvalue weighted by molar-refractivity contribution is 5.23. The Balaban J connectivity index is 2.31. The smallest absolute Gasteiger partial charge is 0.00890 e. The van der Waals surface area contributed by atoms with Crippen LogP contribution in [0.2, 0.25) is 0 Å². The molecule has 0 saturated carbocycles. The van der Waals surface area contributed by atoms with Gasteiger partial charge in [-0.1, -0.05) is 51.0 Å². The zero-order valence-electron chi connectivity index (χ0n) is 13.1. The first-order chi connectivity index (χ1) is 8.23. The Kier molecular flexibility index (Phi) is 3.51. The minimum atomic E-state index is 0.414. The Morgan fingerprint density at radius 1 is 1.00 bits per heavy atom. The Hall–Kier alpha value is -0.520. The summed E-state index contributed by atoms with van der Waals surface area (Å²) in [4.78, 5) is 0. The fraction of sp³-hybridized carbons (Fsp3) is 0.778. The molecule has 2 atom stereocenters. The van der Waals surface area contributed by atoms with E-state index in [-0.39, 0.29) is 0 Å². The van der Waals surface area contributed by atoms with Crippen LogP contribution in [0.25, 0.3) is 0 Å². The molecule has 0 amide bonds. The molecule has 0 fully saturated rings. The van der Waals surface area contributed by atoms with Gasteiger partial charge < -0.3 is 0 Å². The molecule has 0 heterocycles. The maximum absolute atomic E-state index is 2.54. The van der Waals surface area contributed by atoms with Crippen molar-refractivity contribution in [1.82, 2.24) is 0 Å². The topological polar surface area (TPSA) is 0 Å². The molecule has 0 aromatic carbocycles. The second-order valence-corrected chi connectivity index (χ2v) is 7.98. The van der Waals surface area contributed by atoms with Crippen molar-refractivity contribution in [3.63, 3.8) is 0 Å². The summed E-state index contributed by atoms with van der Waals surface area (Å²) in [5.41, 5.74) is 4.17. The molecule has 0 bridgehead atoms. The molecule has 2 unspecified atom stereocenters. The van der Waals surface area contributed by atoms with Crippen LogP contribution in [0.4, 0.5) is 0 Å². The molecule has 2 aliphatic carbocycles. The van der Waals surface area contributed by atoms with E-state index in [1.54, 1.807) is 11.1 Å². The van der Waals surface area contributed by atoms with Crippen molar-refractivity contribution in [2.24, 2.45) is 22.7 Å².